The van der Waals surface area contributed by atoms with E-state index in [-0.39, 0.29) is 5.82 Å². The van der Waals surface area contributed by atoms with Crippen LogP contribution in [0.2, 0.25) is 0 Å². The van der Waals surface area contributed by atoms with Gasteiger partial charge in [-0.3, -0.25) is 0 Å². The molecule has 1 aliphatic heterocycles. The minimum atomic E-state index is -0.241. The smallest absolute Gasteiger partial charge is 0.125 e. The van der Waals surface area contributed by atoms with Crippen molar-refractivity contribution in [2.45, 2.75) is 5.88 Å². The Morgan fingerprint density at radius 3 is 2.60 bits per heavy atom. The van der Waals surface area contributed by atoms with Crippen molar-refractivity contribution in [2.24, 2.45) is 0 Å². The Morgan fingerprint density at radius 1 is 1.10 bits per heavy atom. The highest BCUT2D eigenvalue weighted by Gasteiger charge is 2.21. The van der Waals surface area contributed by atoms with Gasteiger partial charge in [0, 0.05) is 31.7 Å². The largest absolute Gasteiger partial charge is 0.371 e. The average Bonchev–Trinajstić information content (AvgIpc) is 2.47. The van der Waals surface area contributed by atoms with Crippen LogP contribution in [0.1, 0.15) is 5.56 Å². The number of rotatable bonds is 2. The molecular weight excluding hydrogens is 275 g/mol. The van der Waals surface area contributed by atoms with Crippen LogP contribution in [0.15, 0.2) is 42.5 Å². The summed E-state index contributed by atoms with van der Waals surface area (Å²) in [7, 11) is 2.08. The maximum Gasteiger partial charge on any atom is 0.125 e. The molecule has 0 saturated heterocycles. The van der Waals surface area contributed by atoms with Gasteiger partial charge in [0.25, 0.3) is 0 Å². The van der Waals surface area contributed by atoms with Gasteiger partial charge in [-0.25, -0.2) is 4.39 Å². The predicted octanol–water partition coefficient (Wildman–Crippen LogP) is 4.15. The molecule has 1 heterocycles. The molecule has 2 aromatic rings. The third-order valence-electron chi connectivity index (χ3n) is 3.65. The minimum Gasteiger partial charge on any atom is -0.371 e. The number of para-hydroxylation sites is 2. The van der Waals surface area contributed by atoms with Gasteiger partial charge >= 0.3 is 0 Å². The van der Waals surface area contributed by atoms with E-state index in [4.69, 9.17) is 11.6 Å². The number of likely N-dealkylation sites (N-methyl/N-ethyl adjacent to an activating group) is 1. The van der Waals surface area contributed by atoms with Crippen molar-refractivity contribution in [3.63, 3.8) is 0 Å². The molecule has 0 unspecified atom stereocenters. The van der Waals surface area contributed by atoms with Crippen LogP contribution in [0, 0.1) is 5.82 Å². The van der Waals surface area contributed by atoms with E-state index >= 15 is 0 Å². The second-order valence-corrected chi connectivity index (χ2v) is 5.28. The molecule has 0 spiro atoms. The van der Waals surface area contributed by atoms with E-state index in [1.54, 1.807) is 6.07 Å². The topological polar surface area (TPSA) is 6.48 Å². The van der Waals surface area contributed by atoms with Crippen molar-refractivity contribution in [1.82, 2.24) is 0 Å². The van der Waals surface area contributed by atoms with E-state index in [0.29, 0.717) is 5.88 Å². The van der Waals surface area contributed by atoms with Crippen molar-refractivity contribution in [1.29, 1.82) is 0 Å². The number of nitrogens with zero attached hydrogens (tertiary/aromatic N) is 2. The highest BCUT2D eigenvalue weighted by molar-refractivity contribution is 6.17. The zero-order chi connectivity index (χ0) is 14.1. The van der Waals surface area contributed by atoms with Gasteiger partial charge in [0.15, 0.2) is 0 Å². The van der Waals surface area contributed by atoms with Gasteiger partial charge in [-0.05, 0) is 35.9 Å². The zero-order valence-electron chi connectivity index (χ0n) is 11.3. The number of benzene rings is 2. The molecule has 0 saturated carbocycles. The summed E-state index contributed by atoms with van der Waals surface area (Å²) in [4.78, 5) is 4.36. The molecule has 2 nitrogen and oxygen atoms in total. The van der Waals surface area contributed by atoms with Crippen LogP contribution in [-0.2, 0) is 5.88 Å². The SMILES string of the molecule is CN1CCN(c2cc(F)cc(CCl)c2)c2ccccc21. The fraction of sp³-hybridized carbons (Fsp3) is 0.250. The normalized spacial score (nSPS) is 14.3. The monoisotopic (exact) mass is 290 g/mol. The van der Waals surface area contributed by atoms with Crippen molar-refractivity contribution >= 4 is 28.7 Å². The van der Waals surface area contributed by atoms with E-state index in [1.807, 2.05) is 18.2 Å². The Morgan fingerprint density at radius 2 is 1.85 bits per heavy atom. The number of hydrogen-bond acceptors (Lipinski definition) is 2. The molecule has 0 aliphatic carbocycles. The lowest BCUT2D eigenvalue weighted by molar-refractivity contribution is 0.626. The van der Waals surface area contributed by atoms with Gasteiger partial charge in [0.2, 0.25) is 0 Å². The fourth-order valence-corrected chi connectivity index (χ4v) is 2.79. The molecular formula is C16H16ClFN2. The highest BCUT2D eigenvalue weighted by Crippen LogP contribution is 2.37. The first kappa shape index (κ1) is 13.3. The average molecular weight is 291 g/mol. The Balaban J connectivity index is 2.07. The number of anilines is 3. The Hall–Kier alpha value is -1.74. The highest BCUT2D eigenvalue weighted by atomic mass is 35.5. The molecule has 0 bridgehead atoms. The number of alkyl halides is 1. The first-order valence-corrected chi connectivity index (χ1v) is 7.15. The summed E-state index contributed by atoms with van der Waals surface area (Å²) in [5, 5.41) is 0. The second-order valence-electron chi connectivity index (χ2n) is 5.01. The maximum absolute atomic E-state index is 13.7. The Bertz CT molecular complexity index is 630. The summed E-state index contributed by atoms with van der Waals surface area (Å²) in [6.07, 6.45) is 0. The molecule has 1 aliphatic rings. The minimum absolute atomic E-state index is 0.241. The predicted molar refractivity (Wildman–Crippen MR) is 82.7 cm³/mol. The molecule has 0 aromatic heterocycles. The van der Waals surface area contributed by atoms with Gasteiger partial charge in [0.05, 0.1) is 11.4 Å². The van der Waals surface area contributed by atoms with Crippen molar-refractivity contribution in [3.8, 4) is 0 Å². The summed E-state index contributed by atoms with van der Waals surface area (Å²) in [5.41, 5.74) is 3.93. The lowest BCUT2D eigenvalue weighted by atomic mass is 10.1. The summed E-state index contributed by atoms with van der Waals surface area (Å²) in [6, 6.07) is 13.2. The zero-order valence-corrected chi connectivity index (χ0v) is 12.1. The van der Waals surface area contributed by atoms with Crippen LogP contribution in [0.25, 0.3) is 0 Å². The molecule has 4 heteroatoms. The molecule has 2 aromatic carbocycles. The van der Waals surface area contributed by atoms with Gasteiger partial charge in [-0.1, -0.05) is 12.1 Å². The molecule has 3 rings (SSSR count). The second kappa shape index (κ2) is 5.33. The first-order chi connectivity index (χ1) is 9.69. The van der Waals surface area contributed by atoms with Crippen LogP contribution in [0.4, 0.5) is 21.5 Å². The van der Waals surface area contributed by atoms with Crippen LogP contribution in [-0.4, -0.2) is 20.1 Å². The van der Waals surface area contributed by atoms with Crippen LogP contribution in [0.3, 0.4) is 0 Å². The van der Waals surface area contributed by atoms with Gasteiger partial charge in [0.1, 0.15) is 5.82 Å². The molecule has 0 fully saturated rings. The summed E-state index contributed by atoms with van der Waals surface area (Å²) < 4.78 is 13.7. The van der Waals surface area contributed by atoms with Crippen LogP contribution < -0.4 is 9.80 Å². The number of halogens is 2. The summed E-state index contributed by atoms with van der Waals surface area (Å²) in [5.74, 6) is 0.0784. The quantitative estimate of drug-likeness (QED) is 0.767. The van der Waals surface area contributed by atoms with Gasteiger partial charge in [-0.15, -0.1) is 11.6 Å². The molecule has 20 heavy (non-hydrogen) atoms. The number of hydrogen-bond donors (Lipinski definition) is 0. The molecule has 0 amide bonds. The lowest BCUT2D eigenvalue weighted by Crippen LogP contribution is -2.36. The Labute approximate surface area is 123 Å². The van der Waals surface area contributed by atoms with E-state index < -0.39 is 0 Å². The summed E-state index contributed by atoms with van der Waals surface area (Å²) in [6.45, 7) is 1.74. The standard InChI is InChI=1S/C16H16ClFN2/c1-19-6-7-20(16-5-3-2-4-15(16)19)14-9-12(11-17)8-13(18)10-14/h2-5,8-10H,6-7,11H2,1H3. The van der Waals surface area contributed by atoms with Gasteiger partial charge < -0.3 is 9.80 Å². The Kier molecular flexibility index (Phi) is 3.53. The summed E-state index contributed by atoms with van der Waals surface area (Å²) >= 11 is 5.84. The fourth-order valence-electron chi connectivity index (χ4n) is 2.64. The van der Waals surface area contributed by atoms with Crippen molar-refractivity contribution < 1.29 is 4.39 Å². The third kappa shape index (κ3) is 2.34. The van der Waals surface area contributed by atoms with Crippen LogP contribution >= 0.6 is 11.6 Å². The van der Waals surface area contributed by atoms with Crippen LogP contribution in [0.5, 0.6) is 0 Å². The third-order valence-corrected chi connectivity index (χ3v) is 3.96. The number of fused-ring (bicyclic) bond motifs is 1. The van der Waals surface area contributed by atoms with Gasteiger partial charge in [-0.2, -0.15) is 0 Å². The van der Waals surface area contributed by atoms with Crippen molar-refractivity contribution in [2.75, 3.05) is 29.9 Å². The van der Waals surface area contributed by atoms with E-state index in [2.05, 4.69) is 29.0 Å². The maximum atomic E-state index is 13.7. The van der Waals surface area contributed by atoms with E-state index in [1.165, 1.54) is 6.07 Å². The van der Waals surface area contributed by atoms with E-state index in [9.17, 15) is 4.39 Å². The molecule has 0 N–H and O–H groups in total. The molecule has 104 valence electrons. The lowest BCUT2D eigenvalue weighted by Gasteiger charge is -2.37. The van der Waals surface area contributed by atoms with Crippen molar-refractivity contribution in [3.05, 3.63) is 53.8 Å². The molecule has 0 atom stereocenters. The van der Waals surface area contributed by atoms with E-state index in [0.717, 1.165) is 35.7 Å². The molecule has 0 radical (unpaired) electrons. The first-order valence-electron chi connectivity index (χ1n) is 6.62.